The number of hydrogen-bond acceptors (Lipinski definition) is 6. The molecule has 0 radical (unpaired) electrons. The third kappa shape index (κ3) is 5.28. The first kappa shape index (κ1) is 18.4. The van der Waals surface area contributed by atoms with Crippen LogP contribution in [0.4, 0.5) is 17.5 Å². The van der Waals surface area contributed by atoms with E-state index < -0.39 is 0 Å². The molecular formula is C21H22N4O2. The molecule has 6 heteroatoms. The van der Waals surface area contributed by atoms with E-state index in [1.54, 1.807) is 38.4 Å². The minimum absolute atomic E-state index is 0.0481. The first-order valence-corrected chi connectivity index (χ1v) is 8.72. The number of ketones is 1. The molecule has 1 heterocycles. The number of benzene rings is 2. The van der Waals surface area contributed by atoms with Crippen molar-refractivity contribution in [2.24, 2.45) is 0 Å². The summed E-state index contributed by atoms with van der Waals surface area (Å²) >= 11 is 0. The van der Waals surface area contributed by atoms with Gasteiger partial charge >= 0.3 is 0 Å². The highest BCUT2D eigenvalue weighted by Crippen LogP contribution is 2.16. The van der Waals surface area contributed by atoms with Crippen LogP contribution in [0.1, 0.15) is 22.8 Å². The number of rotatable bonds is 8. The van der Waals surface area contributed by atoms with Crippen LogP contribution >= 0.6 is 0 Å². The number of methoxy groups -OCH3 is 1. The fourth-order valence-electron chi connectivity index (χ4n) is 2.56. The van der Waals surface area contributed by atoms with Gasteiger partial charge in [-0.15, -0.1) is 0 Å². The summed E-state index contributed by atoms with van der Waals surface area (Å²) in [6, 6.07) is 17.1. The molecule has 0 aliphatic heterocycles. The van der Waals surface area contributed by atoms with Gasteiger partial charge < -0.3 is 15.4 Å². The van der Waals surface area contributed by atoms with E-state index in [0.717, 1.165) is 24.4 Å². The van der Waals surface area contributed by atoms with Crippen LogP contribution < -0.4 is 15.4 Å². The molecule has 0 unspecified atom stereocenters. The third-order valence-electron chi connectivity index (χ3n) is 4.08. The van der Waals surface area contributed by atoms with Crippen molar-refractivity contribution in [3.8, 4) is 5.75 Å². The molecule has 3 rings (SSSR count). The first-order valence-electron chi connectivity index (χ1n) is 8.72. The Bertz CT molecular complexity index is 893. The molecule has 0 atom stereocenters. The van der Waals surface area contributed by atoms with Gasteiger partial charge in [0.15, 0.2) is 5.78 Å². The van der Waals surface area contributed by atoms with Crippen molar-refractivity contribution in [3.05, 3.63) is 71.9 Å². The third-order valence-corrected chi connectivity index (χ3v) is 4.08. The molecule has 0 amide bonds. The molecule has 6 nitrogen and oxygen atoms in total. The zero-order valence-electron chi connectivity index (χ0n) is 15.4. The highest BCUT2D eigenvalue weighted by Gasteiger charge is 2.02. The van der Waals surface area contributed by atoms with E-state index in [2.05, 4.69) is 20.6 Å². The Hall–Kier alpha value is -3.41. The summed E-state index contributed by atoms with van der Waals surface area (Å²) in [5, 5.41) is 6.45. The zero-order chi connectivity index (χ0) is 19.1. The molecule has 3 aromatic rings. The predicted octanol–water partition coefficient (Wildman–Crippen LogP) is 4.09. The fourth-order valence-corrected chi connectivity index (χ4v) is 2.56. The normalized spacial score (nSPS) is 10.3. The van der Waals surface area contributed by atoms with Gasteiger partial charge in [0.05, 0.1) is 7.11 Å². The fraction of sp³-hybridized carbons (Fsp3) is 0.190. The van der Waals surface area contributed by atoms with Crippen LogP contribution in [0.25, 0.3) is 0 Å². The van der Waals surface area contributed by atoms with E-state index in [1.807, 2.05) is 36.4 Å². The lowest BCUT2D eigenvalue weighted by Gasteiger charge is -2.09. The van der Waals surface area contributed by atoms with Crippen LogP contribution in [0.5, 0.6) is 5.75 Å². The highest BCUT2D eigenvalue weighted by atomic mass is 16.5. The van der Waals surface area contributed by atoms with Crippen molar-refractivity contribution < 1.29 is 9.53 Å². The first-order chi connectivity index (χ1) is 13.1. The largest absolute Gasteiger partial charge is 0.497 e. The molecule has 0 bridgehead atoms. The van der Waals surface area contributed by atoms with Gasteiger partial charge in [-0.2, -0.15) is 4.98 Å². The number of nitrogens with zero attached hydrogens (tertiary/aromatic N) is 2. The molecule has 0 fully saturated rings. The molecule has 1 aromatic heterocycles. The monoisotopic (exact) mass is 362 g/mol. The lowest BCUT2D eigenvalue weighted by molar-refractivity contribution is 0.101. The van der Waals surface area contributed by atoms with Gasteiger partial charge in [-0.1, -0.05) is 12.1 Å². The zero-order valence-corrected chi connectivity index (χ0v) is 15.4. The van der Waals surface area contributed by atoms with Crippen LogP contribution in [-0.4, -0.2) is 29.4 Å². The summed E-state index contributed by atoms with van der Waals surface area (Å²) in [6.45, 7) is 2.28. The number of aromatic nitrogens is 2. The molecule has 0 aliphatic rings. The summed E-state index contributed by atoms with van der Waals surface area (Å²) in [5.74, 6) is 2.15. The Morgan fingerprint density at radius 1 is 1.04 bits per heavy atom. The van der Waals surface area contributed by atoms with E-state index in [9.17, 15) is 4.79 Å². The lowest BCUT2D eigenvalue weighted by atomic mass is 10.1. The van der Waals surface area contributed by atoms with Gasteiger partial charge in [0, 0.05) is 24.0 Å². The molecule has 0 aliphatic carbocycles. The summed E-state index contributed by atoms with van der Waals surface area (Å²) < 4.78 is 5.16. The van der Waals surface area contributed by atoms with Gasteiger partial charge in [0.1, 0.15) is 11.6 Å². The maximum Gasteiger partial charge on any atom is 0.224 e. The van der Waals surface area contributed by atoms with Gasteiger partial charge in [0.25, 0.3) is 0 Å². The van der Waals surface area contributed by atoms with Gasteiger partial charge in [0.2, 0.25) is 5.95 Å². The second kappa shape index (κ2) is 8.80. The van der Waals surface area contributed by atoms with Crippen molar-refractivity contribution in [1.82, 2.24) is 9.97 Å². The molecule has 2 N–H and O–H groups in total. The van der Waals surface area contributed by atoms with Crippen molar-refractivity contribution in [2.75, 3.05) is 24.3 Å². The minimum Gasteiger partial charge on any atom is -0.497 e. The van der Waals surface area contributed by atoms with Crippen LogP contribution in [0.3, 0.4) is 0 Å². The number of anilines is 3. The van der Waals surface area contributed by atoms with E-state index in [-0.39, 0.29) is 5.78 Å². The Kier molecular flexibility index (Phi) is 5.99. The number of hydrogen-bond donors (Lipinski definition) is 2. The maximum absolute atomic E-state index is 11.3. The number of carbonyl (C=O) groups is 1. The SMILES string of the molecule is COc1ccc(CCNc2nccc(Nc3ccc(C(C)=O)cc3)n2)cc1. The summed E-state index contributed by atoms with van der Waals surface area (Å²) in [6.07, 6.45) is 2.56. The highest BCUT2D eigenvalue weighted by molar-refractivity contribution is 5.94. The van der Waals surface area contributed by atoms with Crippen molar-refractivity contribution >= 4 is 23.2 Å². The Labute approximate surface area is 158 Å². The lowest BCUT2D eigenvalue weighted by Crippen LogP contribution is -2.08. The van der Waals surface area contributed by atoms with Gasteiger partial charge in [-0.3, -0.25) is 4.79 Å². The van der Waals surface area contributed by atoms with E-state index in [0.29, 0.717) is 17.3 Å². The number of carbonyl (C=O) groups excluding carboxylic acids is 1. The molecular weight excluding hydrogens is 340 g/mol. The minimum atomic E-state index is 0.0481. The molecule has 138 valence electrons. The molecule has 2 aromatic carbocycles. The topological polar surface area (TPSA) is 76.1 Å². The van der Waals surface area contributed by atoms with Crippen LogP contribution in [0.15, 0.2) is 60.8 Å². The van der Waals surface area contributed by atoms with Gasteiger partial charge in [-0.05, 0) is 61.4 Å². The van der Waals surface area contributed by atoms with Crippen molar-refractivity contribution in [2.45, 2.75) is 13.3 Å². The van der Waals surface area contributed by atoms with E-state index >= 15 is 0 Å². The molecule has 0 saturated heterocycles. The molecule has 0 saturated carbocycles. The number of Topliss-reactive ketones (excluding diaryl/α,β-unsaturated/α-hetero) is 1. The Balaban J connectivity index is 1.55. The average Bonchev–Trinajstić information content (AvgIpc) is 2.69. The standard InChI is InChI=1S/C21H22N4O2/c1-15(26)17-5-7-18(8-6-17)24-20-12-14-23-21(25-20)22-13-11-16-3-9-19(27-2)10-4-16/h3-10,12,14H,11,13H2,1-2H3,(H2,22,23,24,25). The van der Waals surface area contributed by atoms with E-state index in [1.165, 1.54) is 5.56 Å². The van der Waals surface area contributed by atoms with Crippen LogP contribution in [0.2, 0.25) is 0 Å². The maximum atomic E-state index is 11.3. The van der Waals surface area contributed by atoms with E-state index in [4.69, 9.17) is 4.74 Å². The molecule has 27 heavy (non-hydrogen) atoms. The smallest absolute Gasteiger partial charge is 0.224 e. The predicted molar refractivity (Wildman–Crippen MR) is 107 cm³/mol. The van der Waals surface area contributed by atoms with Crippen molar-refractivity contribution in [1.29, 1.82) is 0 Å². The summed E-state index contributed by atoms with van der Waals surface area (Å²) in [4.78, 5) is 20.1. The Morgan fingerprint density at radius 3 is 2.44 bits per heavy atom. The second-order valence-electron chi connectivity index (χ2n) is 6.05. The van der Waals surface area contributed by atoms with Crippen LogP contribution in [0, 0.1) is 0 Å². The second-order valence-corrected chi connectivity index (χ2v) is 6.05. The number of nitrogens with one attached hydrogen (secondary N) is 2. The molecule has 0 spiro atoms. The van der Waals surface area contributed by atoms with Gasteiger partial charge in [-0.25, -0.2) is 4.98 Å². The Morgan fingerprint density at radius 2 is 1.78 bits per heavy atom. The average molecular weight is 362 g/mol. The number of ether oxygens (including phenoxy) is 1. The van der Waals surface area contributed by atoms with Crippen LogP contribution in [-0.2, 0) is 6.42 Å². The van der Waals surface area contributed by atoms with Crippen molar-refractivity contribution in [3.63, 3.8) is 0 Å². The summed E-state index contributed by atoms with van der Waals surface area (Å²) in [7, 11) is 1.66. The quantitative estimate of drug-likeness (QED) is 0.588. The summed E-state index contributed by atoms with van der Waals surface area (Å²) in [5.41, 5.74) is 2.76.